The number of hydrogen-bond acceptors (Lipinski definition) is 2. The van der Waals surface area contributed by atoms with E-state index in [0.717, 1.165) is 11.5 Å². The fourth-order valence-corrected chi connectivity index (χ4v) is 2.18. The molecule has 0 radical (unpaired) electrons. The molecule has 82 valence electrons. The first-order valence-corrected chi connectivity index (χ1v) is 5.78. The molecule has 2 nitrogen and oxygen atoms in total. The summed E-state index contributed by atoms with van der Waals surface area (Å²) in [5.74, 6) is 0.896. The molecule has 0 saturated carbocycles. The average molecular weight is 205 g/mol. The van der Waals surface area contributed by atoms with Crippen LogP contribution in [-0.2, 0) is 6.61 Å². The third-order valence-electron chi connectivity index (χ3n) is 3.14. The number of rotatable bonds is 4. The van der Waals surface area contributed by atoms with E-state index in [1.54, 1.807) is 0 Å². The highest BCUT2D eigenvalue weighted by atomic mass is 16.3. The zero-order valence-electron chi connectivity index (χ0n) is 9.32. The highest BCUT2D eigenvalue weighted by Crippen LogP contribution is 2.27. The lowest BCUT2D eigenvalue weighted by Gasteiger charge is -2.41. The molecule has 0 bridgehead atoms. The summed E-state index contributed by atoms with van der Waals surface area (Å²) in [5.41, 5.74) is 2.28. The molecular weight excluding hydrogens is 186 g/mol. The van der Waals surface area contributed by atoms with Gasteiger partial charge in [-0.2, -0.15) is 0 Å². The number of anilines is 1. The maximum absolute atomic E-state index is 8.94. The predicted molar refractivity (Wildman–Crippen MR) is 63.0 cm³/mol. The normalized spacial score (nSPS) is 16.5. The van der Waals surface area contributed by atoms with Crippen LogP contribution in [-0.4, -0.2) is 18.2 Å². The molecule has 0 spiro atoms. The molecule has 2 heteroatoms. The van der Waals surface area contributed by atoms with Gasteiger partial charge in [-0.25, -0.2) is 0 Å². The topological polar surface area (TPSA) is 23.5 Å². The van der Waals surface area contributed by atoms with Gasteiger partial charge in [0.1, 0.15) is 0 Å². The van der Waals surface area contributed by atoms with Crippen LogP contribution in [0.1, 0.15) is 25.3 Å². The molecule has 1 saturated heterocycles. The zero-order chi connectivity index (χ0) is 10.7. The van der Waals surface area contributed by atoms with E-state index in [2.05, 4.69) is 24.0 Å². The van der Waals surface area contributed by atoms with Crippen molar-refractivity contribution in [3.8, 4) is 0 Å². The van der Waals surface area contributed by atoms with Gasteiger partial charge in [0.15, 0.2) is 0 Å². The van der Waals surface area contributed by atoms with E-state index in [-0.39, 0.29) is 6.61 Å². The smallest absolute Gasteiger partial charge is 0.0681 e. The van der Waals surface area contributed by atoms with Crippen molar-refractivity contribution >= 4 is 5.69 Å². The van der Waals surface area contributed by atoms with Crippen molar-refractivity contribution in [3.05, 3.63) is 29.8 Å². The first-order valence-electron chi connectivity index (χ1n) is 5.78. The van der Waals surface area contributed by atoms with Crippen LogP contribution in [0.3, 0.4) is 0 Å². The maximum Gasteiger partial charge on any atom is 0.0681 e. The molecule has 1 aromatic carbocycles. The van der Waals surface area contributed by atoms with E-state index in [9.17, 15) is 0 Å². The Balaban J connectivity index is 1.89. The van der Waals surface area contributed by atoms with E-state index >= 15 is 0 Å². The van der Waals surface area contributed by atoms with Gasteiger partial charge in [0, 0.05) is 18.8 Å². The van der Waals surface area contributed by atoms with Crippen molar-refractivity contribution < 1.29 is 5.11 Å². The molecule has 1 aromatic rings. The summed E-state index contributed by atoms with van der Waals surface area (Å²) in [5, 5.41) is 8.94. The first-order chi connectivity index (χ1) is 7.33. The molecular formula is C13H19NO. The van der Waals surface area contributed by atoms with Crippen LogP contribution in [0.2, 0.25) is 0 Å². The molecule has 0 atom stereocenters. The maximum atomic E-state index is 8.94. The van der Waals surface area contributed by atoms with Crippen molar-refractivity contribution in [2.45, 2.75) is 26.4 Å². The van der Waals surface area contributed by atoms with Crippen molar-refractivity contribution in [2.75, 3.05) is 18.0 Å². The van der Waals surface area contributed by atoms with Crippen molar-refractivity contribution in [2.24, 2.45) is 5.92 Å². The average Bonchev–Trinajstić information content (AvgIpc) is 2.23. The Morgan fingerprint density at radius 3 is 2.47 bits per heavy atom. The molecule has 15 heavy (non-hydrogen) atoms. The van der Waals surface area contributed by atoms with Gasteiger partial charge in [0.25, 0.3) is 0 Å². The van der Waals surface area contributed by atoms with Gasteiger partial charge >= 0.3 is 0 Å². The Hall–Kier alpha value is -1.02. The molecule has 0 aromatic heterocycles. The lowest BCUT2D eigenvalue weighted by atomic mass is 9.94. The van der Waals surface area contributed by atoms with Crippen LogP contribution in [0.5, 0.6) is 0 Å². The number of aliphatic hydroxyl groups is 1. The van der Waals surface area contributed by atoms with E-state index < -0.39 is 0 Å². The summed E-state index contributed by atoms with van der Waals surface area (Å²) in [6, 6.07) is 8.21. The van der Waals surface area contributed by atoms with E-state index in [1.807, 2.05) is 12.1 Å². The molecule has 1 aliphatic rings. The second kappa shape index (κ2) is 4.67. The minimum atomic E-state index is 0.138. The largest absolute Gasteiger partial charge is 0.392 e. The lowest BCUT2D eigenvalue weighted by Crippen LogP contribution is -2.46. The Morgan fingerprint density at radius 1 is 1.27 bits per heavy atom. The Morgan fingerprint density at radius 2 is 1.93 bits per heavy atom. The Bertz CT molecular complexity index is 301. The SMILES string of the molecule is CCCC1CN(c2ccc(CO)cc2)C1. The number of aliphatic hydroxyl groups excluding tert-OH is 1. The summed E-state index contributed by atoms with van der Waals surface area (Å²) < 4.78 is 0. The highest BCUT2D eigenvalue weighted by molar-refractivity contribution is 5.49. The molecule has 0 aliphatic carbocycles. The van der Waals surface area contributed by atoms with Gasteiger partial charge in [-0.15, -0.1) is 0 Å². The fraction of sp³-hybridized carbons (Fsp3) is 0.538. The van der Waals surface area contributed by atoms with E-state index in [4.69, 9.17) is 5.11 Å². The number of benzene rings is 1. The number of hydrogen-bond donors (Lipinski definition) is 1. The molecule has 2 rings (SSSR count). The van der Waals surface area contributed by atoms with E-state index in [1.165, 1.54) is 31.6 Å². The Kier molecular flexibility index (Phi) is 3.27. The minimum Gasteiger partial charge on any atom is -0.392 e. The third kappa shape index (κ3) is 2.32. The second-order valence-electron chi connectivity index (χ2n) is 4.38. The lowest BCUT2D eigenvalue weighted by molar-refractivity contribution is 0.282. The summed E-state index contributed by atoms with van der Waals surface area (Å²) in [4.78, 5) is 2.40. The van der Waals surface area contributed by atoms with Crippen LogP contribution in [0.4, 0.5) is 5.69 Å². The van der Waals surface area contributed by atoms with Crippen LogP contribution in [0, 0.1) is 5.92 Å². The van der Waals surface area contributed by atoms with Gasteiger partial charge < -0.3 is 10.0 Å². The predicted octanol–water partition coefficient (Wildman–Crippen LogP) is 2.42. The molecule has 0 unspecified atom stereocenters. The minimum absolute atomic E-state index is 0.138. The van der Waals surface area contributed by atoms with Gasteiger partial charge in [-0.1, -0.05) is 25.5 Å². The van der Waals surface area contributed by atoms with Gasteiger partial charge in [-0.3, -0.25) is 0 Å². The standard InChI is InChI=1S/C13H19NO/c1-2-3-12-8-14(9-12)13-6-4-11(10-15)5-7-13/h4-7,12,15H,2-3,8-10H2,1H3. The molecule has 0 amide bonds. The monoisotopic (exact) mass is 205 g/mol. The van der Waals surface area contributed by atoms with Crippen LogP contribution >= 0.6 is 0 Å². The quantitative estimate of drug-likeness (QED) is 0.816. The number of nitrogens with zero attached hydrogens (tertiary/aromatic N) is 1. The summed E-state index contributed by atoms with van der Waals surface area (Å²) in [7, 11) is 0. The molecule has 1 heterocycles. The zero-order valence-corrected chi connectivity index (χ0v) is 9.32. The van der Waals surface area contributed by atoms with Crippen molar-refractivity contribution in [3.63, 3.8) is 0 Å². The first kappa shape index (κ1) is 10.5. The van der Waals surface area contributed by atoms with Gasteiger partial charge in [0.05, 0.1) is 6.61 Å². The second-order valence-corrected chi connectivity index (χ2v) is 4.38. The molecule has 1 N–H and O–H groups in total. The summed E-state index contributed by atoms with van der Waals surface area (Å²) in [6.07, 6.45) is 2.65. The van der Waals surface area contributed by atoms with Crippen LogP contribution < -0.4 is 4.90 Å². The Labute approximate surface area is 91.5 Å². The highest BCUT2D eigenvalue weighted by Gasteiger charge is 2.25. The van der Waals surface area contributed by atoms with E-state index in [0.29, 0.717) is 0 Å². The van der Waals surface area contributed by atoms with Crippen LogP contribution in [0.25, 0.3) is 0 Å². The molecule has 1 fully saturated rings. The van der Waals surface area contributed by atoms with Crippen molar-refractivity contribution in [1.82, 2.24) is 0 Å². The van der Waals surface area contributed by atoms with Gasteiger partial charge in [0.2, 0.25) is 0 Å². The summed E-state index contributed by atoms with van der Waals surface area (Å²) >= 11 is 0. The van der Waals surface area contributed by atoms with Crippen LogP contribution in [0.15, 0.2) is 24.3 Å². The molecule has 1 aliphatic heterocycles. The fourth-order valence-electron chi connectivity index (χ4n) is 2.18. The summed E-state index contributed by atoms with van der Waals surface area (Å²) in [6.45, 7) is 4.79. The third-order valence-corrected chi connectivity index (χ3v) is 3.14. The van der Waals surface area contributed by atoms with Crippen molar-refractivity contribution in [1.29, 1.82) is 0 Å². The van der Waals surface area contributed by atoms with Gasteiger partial charge in [-0.05, 0) is 30.0 Å².